The van der Waals surface area contributed by atoms with Gasteiger partial charge in [-0.05, 0) is 20.3 Å². The molecule has 0 aliphatic rings. The molecule has 0 aliphatic carbocycles. The number of hydrogen-bond donors (Lipinski definition) is 1. The molecule has 0 saturated heterocycles. The van der Waals surface area contributed by atoms with E-state index in [4.69, 9.17) is 23.1 Å². The summed E-state index contributed by atoms with van der Waals surface area (Å²) < 4.78 is 25.5. The third-order valence-corrected chi connectivity index (χ3v) is 6.18. The van der Waals surface area contributed by atoms with Gasteiger partial charge in [-0.15, -0.1) is 0 Å². The smallest absolute Gasteiger partial charge is 0.454 e. The van der Waals surface area contributed by atoms with Gasteiger partial charge in [0, 0.05) is 38.9 Å². The number of aliphatic hydroxyl groups is 1. The van der Waals surface area contributed by atoms with Gasteiger partial charge in [-0.1, -0.05) is 27.0 Å². The molecule has 152 valence electrons. The van der Waals surface area contributed by atoms with Crippen molar-refractivity contribution in [1.29, 1.82) is 0 Å². The van der Waals surface area contributed by atoms with Gasteiger partial charge in [0.1, 0.15) is 0 Å². The van der Waals surface area contributed by atoms with Crippen molar-refractivity contribution in [2.45, 2.75) is 52.6 Å². The van der Waals surface area contributed by atoms with E-state index in [2.05, 4.69) is 17.9 Å². The molecule has 0 fully saturated rings. The molecule has 0 bridgehead atoms. The van der Waals surface area contributed by atoms with Gasteiger partial charge in [-0.3, -0.25) is 0 Å². The first-order valence-corrected chi connectivity index (χ1v) is 9.91. The molecule has 0 aliphatic heterocycles. The Hall–Kier alpha value is -1.52. The van der Waals surface area contributed by atoms with Crippen LogP contribution in [0.5, 0.6) is 0 Å². The van der Waals surface area contributed by atoms with Crippen LogP contribution in [0.3, 0.4) is 0 Å². The molecule has 0 aromatic heterocycles. The Morgan fingerprint density at radius 2 is 1.27 bits per heavy atom. The van der Waals surface area contributed by atoms with E-state index in [0.29, 0.717) is 24.0 Å². The van der Waals surface area contributed by atoms with E-state index in [1.165, 1.54) is 28.3 Å². The Morgan fingerprint density at radius 3 is 1.54 bits per heavy atom. The van der Waals surface area contributed by atoms with Gasteiger partial charge in [0.15, 0.2) is 5.73 Å². The zero-order chi connectivity index (χ0) is 20.9. The number of rotatable bonds is 10. The Morgan fingerprint density at radius 1 is 0.885 bits per heavy atom. The standard InChI is InChI=1S/C10H20O5Si.C7H12O3/c1-7-9(15-10(11)8(2)3)16(12-4,13-5)14-6;1-4-6(8)10-7(9)5(2)3/h9H,2,7H2,1,3-6H3;6,8H,2,4H2,1,3H3. The highest BCUT2D eigenvalue weighted by Gasteiger charge is 2.49. The highest BCUT2D eigenvalue weighted by molar-refractivity contribution is 6.62. The maximum atomic E-state index is 11.4. The van der Waals surface area contributed by atoms with E-state index in [1.54, 1.807) is 13.8 Å². The normalized spacial score (nSPS) is 12.9. The van der Waals surface area contributed by atoms with Gasteiger partial charge in [0.2, 0.25) is 6.29 Å². The third kappa shape index (κ3) is 9.25. The predicted octanol–water partition coefficient (Wildman–Crippen LogP) is 2.14. The van der Waals surface area contributed by atoms with Crippen LogP contribution >= 0.6 is 0 Å². The topological polar surface area (TPSA) is 101 Å². The lowest BCUT2D eigenvalue weighted by atomic mass is 10.3. The summed E-state index contributed by atoms with van der Waals surface area (Å²) in [5, 5.41) is 8.79. The summed E-state index contributed by atoms with van der Waals surface area (Å²) in [5.74, 6) is -1.01. The molecule has 2 atom stereocenters. The second-order valence-electron chi connectivity index (χ2n) is 5.35. The molecule has 0 heterocycles. The summed E-state index contributed by atoms with van der Waals surface area (Å²) >= 11 is 0. The molecule has 0 radical (unpaired) electrons. The zero-order valence-electron chi connectivity index (χ0n) is 16.8. The average Bonchev–Trinajstić information content (AvgIpc) is 2.62. The van der Waals surface area contributed by atoms with Crippen molar-refractivity contribution in [2.24, 2.45) is 0 Å². The second-order valence-corrected chi connectivity index (χ2v) is 8.42. The fraction of sp³-hybridized carbons (Fsp3) is 0.647. The van der Waals surface area contributed by atoms with Gasteiger partial charge >= 0.3 is 20.7 Å². The van der Waals surface area contributed by atoms with Crippen LogP contribution in [0.25, 0.3) is 0 Å². The van der Waals surface area contributed by atoms with Crippen molar-refractivity contribution in [3.8, 4) is 0 Å². The van der Waals surface area contributed by atoms with Gasteiger partial charge in [-0.25, -0.2) is 9.59 Å². The molecule has 9 heteroatoms. The molecular formula is C17H32O8Si. The van der Waals surface area contributed by atoms with E-state index in [9.17, 15) is 9.59 Å². The molecule has 8 nitrogen and oxygen atoms in total. The lowest BCUT2D eigenvalue weighted by molar-refractivity contribution is -0.163. The molecular weight excluding hydrogens is 360 g/mol. The summed E-state index contributed by atoms with van der Waals surface area (Å²) in [7, 11) is 1.51. The average molecular weight is 393 g/mol. The van der Waals surface area contributed by atoms with E-state index in [0.717, 1.165) is 0 Å². The summed E-state index contributed by atoms with van der Waals surface area (Å²) in [6, 6.07) is 0. The van der Waals surface area contributed by atoms with Crippen molar-refractivity contribution in [2.75, 3.05) is 21.3 Å². The van der Waals surface area contributed by atoms with E-state index in [-0.39, 0.29) is 0 Å². The number of ether oxygens (including phenoxy) is 2. The number of aliphatic hydroxyl groups excluding tert-OH is 1. The molecule has 0 amide bonds. The SMILES string of the molecule is C=C(C)C(=O)OC(CC)[Si](OC)(OC)OC.C=C(C)C(=O)OC(O)CC. The van der Waals surface area contributed by atoms with E-state index >= 15 is 0 Å². The molecule has 0 aromatic carbocycles. The molecule has 26 heavy (non-hydrogen) atoms. The summed E-state index contributed by atoms with van der Waals surface area (Å²) in [6.07, 6.45) is -0.0380. The van der Waals surface area contributed by atoms with Crippen LogP contribution < -0.4 is 0 Å². The predicted molar refractivity (Wildman–Crippen MR) is 99.0 cm³/mol. The lowest BCUT2D eigenvalue weighted by Crippen LogP contribution is -2.56. The Balaban J connectivity index is 0. The van der Waals surface area contributed by atoms with E-state index < -0.39 is 32.8 Å². The fourth-order valence-corrected chi connectivity index (χ4v) is 3.63. The van der Waals surface area contributed by atoms with Crippen LogP contribution in [-0.2, 0) is 32.3 Å². The maximum Gasteiger partial charge on any atom is 0.543 e. The summed E-state index contributed by atoms with van der Waals surface area (Å²) in [4.78, 5) is 22.1. The van der Waals surface area contributed by atoms with Crippen LogP contribution in [-0.4, -0.2) is 59.2 Å². The third-order valence-electron chi connectivity index (χ3n) is 3.16. The van der Waals surface area contributed by atoms with Crippen molar-refractivity contribution in [3.63, 3.8) is 0 Å². The maximum absolute atomic E-state index is 11.4. The monoisotopic (exact) mass is 392 g/mol. The number of carbonyl (C=O) groups excluding carboxylic acids is 2. The van der Waals surface area contributed by atoms with Gasteiger partial charge < -0.3 is 27.9 Å². The van der Waals surface area contributed by atoms with Gasteiger partial charge in [0.05, 0.1) is 0 Å². The van der Waals surface area contributed by atoms with Crippen molar-refractivity contribution in [1.82, 2.24) is 0 Å². The quantitative estimate of drug-likeness (QED) is 0.261. The Kier molecular flexibility index (Phi) is 14.0. The highest BCUT2D eigenvalue weighted by Crippen LogP contribution is 2.19. The van der Waals surface area contributed by atoms with E-state index in [1.807, 2.05) is 6.92 Å². The Bertz CT molecular complexity index is 465. The first-order valence-electron chi connectivity index (χ1n) is 8.11. The van der Waals surface area contributed by atoms with Gasteiger partial charge in [-0.2, -0.15) is 0 Å². The minimum Gasteiger partial charge on any atom is -0.454 e. The minimum absolute atomic E-state index is 0.299. The summed E-state index contributed by atoms with van der Waals surface area (Å²) in [6.45, 7) is 13.6. The lowest BCUT2D eigenvalue weighted by Gasteiger charge is -2.31. The van der Waals surface area contributed by atoms with Crippen LogP contribution in [0.1, 0.15) is 40.5 Å². The number of esters is 2. The van der Waals surface area contributed by atoms with Crippen molar-refractivity contribution >= 4 is 20.7 Å². The molecule has 0 spiro atoms. The van der Waals surface area contributed by atoms with Crippen LogP contribution in [0.15, 0.2) is 24.3 Å². The van der Waals surface area contributed by atoms with Crippen molar-refractivity contribution in [3.05, 3.63) is 24.3 Å². The minimum atomic E-state index is -2.94. The number of hydrogen-bond acceptors (Lipinski definition) is 8. The largest absolute Gasteiger partial charge is 0.543 e. The fourth-order valence-electron chi connectivity index (χ4n) is 1.59. The van der Waals surface area contributed by atoms with Crippen molar-refractivity contribution < 1.29 is 37.4 Å². The molecule has 0 saturated carbocycles. The molecule has 2 unspecified atom stereocenters. The zero-order valence-corrected chi connectivity index (χ0v) is 17.8. The molecule has 1 N–H and O–H groups in total. The van der Waals surface area contributed by atoms with Crippen LogP contribution in [0.4, 0.5) is 0 Å². The Labute approximate surface area is 157 Å². The van der Waals surface area contributed by atoms with Gasteiger partial charge in [0.25, 0.3) is 0 Å². The van der Waals surface area contributed by atoms with Crippen LogP contribution in [0.2, 0.25) is 0 Å². The second kappa shape index (κ2) is 13.7. The van der Waals surface area contributed by atoms with Crippen LogP contribution in [0, 0.1) is 0 Å². The molecule has 0 rings (SSSR count). The highest BCUT2D eigenvalue weighted by atomic mass is 28.4. The molecule has 0 aromatic rings. The first-order chi connectivity index (χ1) is 12.0. The number of carbonyl (C=O) groups is 2. The summed E-state index contributed by atoms with van der Waals surface area (Å²) in [5.41, 5.74) is 0.119. The first kappa shape index (κ1) is 26.7.